The maximum Gasteiger partial charge on any atom is 0.392 e. The smallest absolute Gasteiger partial charge is 0.371 e. The van der Waals surface area contributed by atoms with E-state index in [1.807, 2.05) is 5.48 Å². The number of carbonyl (C=O) groups is 1. The van der Waals surface area contributed by atoms with Crippen LogP contribution in [-0.4, -0.2) is 25.2 Å². The van der Waals surface area contributed by atoms with Gasteiger partial charge in [-0.05, 0) is 5.53 Å². The lowest BCUT2D eigenvalue weighted by molar-refractivity contribution is -0.186. The molecular formula is C6H9F3N4O2. The molecule has 6 nitrogen and oxygen atoms in total. The second-order valence-corrected chi connectivity index (χ2v) is 2.61. The van der Waals surface area contributed by atoms with Crippen LogP contribution >= 0.6 is 0 Å². The fourth-order valence-electron chi connectivity index (χ4n) is 0.747. The van der Waals surface area contributed by atoms with Gasteiger partial charge in [0.1, 0.15) is 6.04 Å². The Morgan fingerprint density at radius 1 is 1.60 bits per heavy atom. The first-order valence-electron chi connectivity index (χ1n) is 3.83. The first-order valence-corrected chi connectivity index (χ1v) is 3.83. The third-order valence-electron chi connectivity index (χ3n) is 1.61. The summed E-state index contributed by atoms with van der Waals surface area (Å²) in [6.07, 6.45) is -4.63. The molecule has 0 radical (unpaired) electrons. The van der Waals surface area contributed by atoms with Crippen LogP contribution in [0.2, 0.25) is 0 Å². The Kier molecular flexibility index (Phi) is 4.89. The van der Waals surface area contributed by atoms with Gasteiger partial charge in [0.2, 0.25) is 0 Å². The van der Waals surface area contributed by atoms with Gasteiger partial charge in [-0.15, -0.1) is 0 Å². The highest BCUT2D eigenvalue weighted by molar-refractivity contribution is 5.76. The Morgan fingerprint density at radius 3 is 2.47 bits per heavy atom. The summed E-state index contributed by atoms with van der Waals surface area (Å²) in [6.45, 7) is 0.732. The van der Waals surface area contributed by atoms with E-state index >= 15 is 0 Å². The predicted octanol–water partition coefficient (Wildman–Crippen LogP) is 1.54. The minimum atomic E-state index is -4.63. The van der Waals surface area contributed by atoms with Crippen LogP contribution in [0.15, 0.2) is 5.11 Å². The molecule has 0 bridgehead atoms. The quantitative estimate of drug-likeness (QED) is 0.341. The van der Waals surface area contributed by atoms with Crippen molar-refractivity contribution >= 4 is 5.97 Å². The van der Waals surface area contributed by atoms with Crippen LogP contribution in [0.3, 0.4) is 0 Å². The number of nitrogens with one attached hydrogen (secondary N) is 1. The average Bonchev–Trinajstić information content (AvgIpc) is 2.12. The van der Waals surface area contributed by atoms with Crippen molar-refractivity contribution in [2.24, 2.45) is 11.0 Å². The highest BCUT2D eigenvalue weighted by Gasteiger charge is 2.44. The van der Waals surface area contributed by atoms with E-state index < -0.39 is 24.1 Å². The molecule has 0 spiro atoms. The van der Waals surface area contributed by atoms with Gasteiger partial charge in [0, 0.05) is 12.0 Å². The van der Waals surface area contributed by atoms with E-state index in [1.54, 1.807) is 0 Å². The molecule has 2 unspecified atom stereocenters. The van der Waals surface area contributed by atoms with Crippen LogP contribution in [-0.2, 0) is 9.63 Å². The summed E-state index contributed by atoms with van der Waals surface area (Å²) in [5.74, 6) is -3.38. The summed E-state index contributed by atoms with van der Waals surface area (Å²) in [7, 11) is 1.20. The molecule has 0 aliphatic carbocycles. The molecule has 0 aromatic heterocycles. The molecule has 0 heterocycles. The number of halogens is 3. The van der Waals surface area contributed by atoms with E-state index in [0.717, 1.165) is 6.92 Å². The summed E-state index contributed by atoms with van der Waals surface area (Å²) in [4.78, 5) is 17.3. The Morgan fingerprint density at radius 2 is 2.13 bits per heavy atom. The molecule has 0 rings (SSSR count). The van der Waals surface area contributed by atoms with E-state index in [9.17, 15) is 18.0 Å². The minimum absolute atomic E-state index is 0.732. The standard InChI is InChI=1S/C6H9F3N4O2/c1-3(6(7,8)9)4(12-13-10)5(14)15-11-2/h3-4,11H,1-2H3. The van der Waals surface area contributed by atoms with Gasteiger partial charge >= 0.3 is 12.1 Å². The van der Waals surface area contributed by atoms with Gasteiger partial charge in [-0.3, -0.25) is 0 Å². The summed E-state index contributed by atoms with van der Waals surface area (Å²) < 4.78 is 36.6. The molecule has 0 saturated carbocycles. The fourth-order valence-corrected chi connectivity index (χ4v) is 0.747. The molecule has 2 atom stereocenters. The van der Waals surface area contributed by atoms with Gasteiger partial charge in [-0.25, -0.2) is 4.79 Å². The van der Waals surface area contributed by atoms with Crippen LogP contribution in [0.4, 0.5) is 13.2 Å². The maximum atomic E-state index is 12.2. The average molecular weight is 226 g/mol. The van der Waals surface area contributed by atoms with Crippen molar-refractivity contribution in [1.29, 1.82) is 0 Å². The zero-order valence-corrected chi connectivity index (χ0v) is 7.95. The molecule has 0 fully saturated rings. The molecule has 1 N–H and O–H groups in total. The molecule has 0 aliphatic heterocycles. The van der Waals surface area contributed by atoms with Crippen molar-refractivity contribution in [2.75, 3.05) is 7.05 Å². The number of carbonyl (C=O) groups excluding carboxylic acids is 1. The van der Waals surface area contributed by atoms with Crippen molar-refractivity contribution in [2.45, 2.75) is 19.1 Å². The first-order chi connectivity index (χ1) is 6.84. The van der Waals surface area contributed by atoms with Crippen molar-refractivity contribution in [1.82, 2.24) is 5.48 Å². The third-order valence-corrected chi connectivity index (χ3v) is 1.61. The van der Waals surface area contributed by atoms with Gasteiger partial charge in [0.05, 0.1) is 5.92 Å². The van der Waals surface area contributed by atoms with Crippen LogP contribution in [0.25, 0.3) is 10.4 Å². The topological polar surface area (TPSA) is 87.1 Å². The SMILES string of the molecule is CNOC(=O)C(N=[N+]=[N-])C(C)C(F)(F)F. The number of rotatable bonds is 4. The molecule has 15 heavy (non-hydrogen) atoms. The van der Waals surface area contributed by atoms with Crippen LogP contribution in [0.1, 0.15) is 6.92 Å². The first kappa shape index (κ1) is 13.5. The normalized spacial score (nSPS) is 15.0. The van der Waals surface area contributed by atoms with Gasteiger partial charge in [0.25, 0.3) is 0 Å². The van der Waals surface area contributed by atoms with Gasteiger partial charge in [-0.1, -0.05) is 12.0 Å². The molecule has 0 amide bonds. The Labute approximate surface area is 83.0 Å². The monoisotopic (exact) mass is 226 g/mol. The Hall–Kier alpha value is -1.47. The van der Waals surface area contributed by atoms with E-state index in [4.69, 9.17) is 5.53 Å². The van der Waals surface area contributed by atoms with E-state index in [-0.39, 0.29) is 0 Å². The zero-order chi connectivity index (χ0) is 12.1. The molecule has 0 aromatic carbocycles. The van der Waals surface area contributed by atoms with Crippen LogP contribution < -0.4 is 5.48 Å². The number of hydrogen-bond donors (Lipinski definition) is 1. The van der Waals surface area contributed by atoms with E-state index in [0.29, 0.717) is 0 Å². The number of azide groups is 1. The third kappa shape index (κ3) is 4.05. The number of alkyl halides is 3. The van der Waals surface area contributed by atoms with Gasteiger partial charge in [0.15, 0.2) is 0 Å². The second-order valence-electron chi connectivity index (χ2n) is 2.61. The second kappa shape index (κ2) is 5.42. The Balaban J connectivity index is 4.81. The summed E-state index contributed by atoms with van der Waals surface area (Å²) >= 11 is 0. The van der Waals surface area contributed by atoms with Crippen molar-refractivity contribution in [3.63, 3.8) is 0 Å². The van der Waals surface area contributed by atoms with Gasteiger partial charge in [-0.2, -0.15) is 18.7 Å². The van der Waals surface area contributed by atoms with Crippen molar-refractivity contribution < 1.29 is 22.8 Å². The lowest BCUT2D eigenvalue weighted by Crippen LogP contribution is -2.38. The minimum Gasteiger partial charge on any atom is -0.371 e. The Bertz CT molecular complexity index is 274. The highest BCUT2D eigenvalue weighted by Crippen LogP contribution is 2.30. The van der Waals surface area contributed by atoms with E-state index in [1.165, 1.54) is 7.05 Å². The number of hydroxylamine groups is 1. The number of nitrogens with zero attached hydrogens (tertiary/aromatic N) is 3. The predicted molar refractivity (Wildman–Crippen MR) is 43.3 cm³/mol. The van der Waals surface area contributed by atoms with Crippen LogP contribution in [0.5, 0.6) is 0 Å². The highest BCUT2D eigenvalue weighted by atomic mass is 19.4. The van der Waals surface area contributed by atoms with Gasteiger partial charge < -0.3 is 4.84 Å². The fraction of sp³-hybridized carbons (Fsp3) is 0.833. The molecule has 0 aromatic rings. The van der Waals surface area contributed by atoms with Crippen molar-refractivity contribution in [3.05, 3.63) is 10.4 Å². The zero-order valence-electron chi connectivity index (χ0n) is 7.95. The van der Waals surface area contributed by atoms with E-state index in [2.05, 4.69) is 14.9 Å². The lowest BCUT2D eigenvalue weighted by atomic mass is 10.0. The maximum absolute atomic E-state index is 12.2. The number of hydrogen-bond acceptors (Lipinski definition) is 4. The van der Waals surface area contributed by atoms with Crippen molar-refractivity contribution in [3.8, 4) is 0 Å². The summed E-state index contributed by atoms with van der Waals surface area (Å²) in [5.41, 5.74) is 9.94. The molecular weight excluding hydrogens is 217 g/mol. The summed E-state index contributed by atoms with van der Waals surface area (Å²) in [6, 6.07) is -1.93. The lowest BCUT2D eigenvalue weighted by Gasteiger charge is -2.20. The summed E-state index contributed by atoms with van der Waals surface area (Å²) in [5, 5.41) is 2.76. The van der Waals surface area contributed by atoms with Crippen LogP contribution in [0, 0.1) is 5.92 Å². The molecule has 9 heteroatoms. The largest absolute Gasteiger partial charge is 0.392 e. The molecule has 0 saturated heterocycles. The molecule has 86 valence electrons. The molecule has 0 aliphatic rings.